The molecule has 1 N–H and O–H groups in total. The molecule has 0 heterocycles. The first-order valence-corrected chi connectivity index (χ1v) is 10.3. The Kier molecular flexibility index (Phi) is 8.42. The molecule has 6 nitrogen and oxygen atoms in total. The van der Waals surface area contributed by atoms with Crippen LogP contribution < -0.4 is 14.8 Å². The summed E-state index contributed by atoms with van der Waals surface area (Å²) >= 11 is 0. The third-order valence-corrected chi connectivity index (χ3v) is 4.58. The number of halogens is 1. The van der Waals surface area contributed by atoms with Crippen LogP contribution in [0.15, 0.2) is 48.5 Å². The van der Waals surface area contributed by atoms with Gasteiger partial charge in [-0.15, -0.1) is 0 Å². The van der Waals surface area contributed by atoms with Gasteiger partial charge in [-0.3, -0.25) is 9.59 Å². The minimum absolute atomic E-state index is 0.00700. The van der Waals surface area contributed by atoms with E-state index >= 15 is 0 Å². The summed E-state index contributed by atoms with van der Waals surface area (Å²) in [5, 5.41) is 2.94. The molecular weight excluding hydrogens is 399 g/mol. The lowest BCUT2D eigenvalue weighted by Crippen LogP contribution is -2.54. The molecule has 0 aliphatic carbocycles. The summed E-state index contributed by atoms with van der Waals surface area (Å²) in [6.07, 6.45) is 0.420. The van der Waals surface area contributed by atoms with E-state index < -0.39 is 23.3 Å². The van der Waals surface area contributed by atoms with Crippen LogP contribution in [0.4, 0.5) is 4.39 Å². The first-order chi connectivity index (χ1) is 14.6. The topological polar surface area (TPSA) is 67.9 Å². The highest BCUT2D eigenvalue weighted by Gasteiger charge is 2.31. The zero-order valence-corrected chi connectivity index (χ0v) is 18.8. The van der Waals surface area contributed by atoms with Crippen LogP contribution in [-0.4, -0.2) is 42.0 Å². The van der Waals surface area contributed by atoms with Crippen LogP contribution >= 0.6 is 0 Å². The van der Waals surface area contributed by atoms with Crippen LogP contribution in [0.2, 0.25) is 0 Å². The van der Waals surface area contributed by atoms with E-state index in [0.29, 0.717) is 12.2 Å². The molecule has 0 fully saturated rings. The fourth-order valence-electron chi connectivity index (χ4n) is 3.08. The number of carbonyl (C=O) groups excluding carboxylic acids is 2. The number of para-hydroxylation sites is 1. The third kappa shape index (κ3) is 7.27. The van der Waals surface area contributed by atoms with Crippen molar-refractivity contribution in [2.75, 3.05) is 13.7 Å². The van der Waals surface area contributed by atoms with Crippen LogP contribution in [0.5, 0.6) is 11.5 Å². The van der Waals surface area contributed by atoms with Gasteiger partial charge in [0.25, 0.3) is 5.91 Å². The molecule has 0 aliphatic heterocycles. The van der Waals surface area contributed by atoms with Gasteiger partial charge in [0.05, 0.1) is 7.11 Å². The molecule has 31 heavy (non-hydrogen) atoms. The normalized spacial score (nSPS) is 12.1. The smallest absolute Gasteiger partial charge is 0.261 e. The zero-order valence-electron chi connectivity index (χ0n) is 18.8. The van der Waals surface area contributed by atoms with Crippen molar-refractivity contribution in [2.24, 2.45) is 0 Å². The largest absolute Gasteiger partial charge is 0.497 e. The number of nitrogens with one attached hydrogen (secondary N) is 1. The summed E-state index contributed by atoms with van der Waals surface area (Å²) in [6, 6.07) is 12.5. The number of rotatable bonds is 9. The fourth-order valence-corrected chi connectivity index (χ4v) is 3.08. The molecule has 2 aromatic carbocycles. The monoisotopic (exact) mass is 430 g/mol. The molecule has 0 radical (unpaired) electrons. The van der Waals surface area contributed by atoms with Gasteiger partial charge in [-0.05, 0) is 57.0 Å². The van der Waals surface area contributed by atoms with Crippen molar-refractivity contribution < 1.29 is 23.5 Å². The van der Waals surface area contributed by atoms with Crippen molar-refractivity contribution in [3.05, 3.63) is 59.9 Å². The van der Waals surface area contributed by atoms with Crippen molar-refractivity contribution in [3.8, 4) is 11.5 Å². The molecule has 2 amide bonds. The predicted octanol–water partition coefficient (Wildman–Crippen LogP) is 3.94. The Labute approximate surface area is 183 Å². The molecule has 1 unspecified atom stereocenters. The van der Waals surface area contributed by atoms with Crippen molar-refractivity contribution >= 4 is 11.8 Å². The standard InChI is InChI=1S/C24H31FN2O4/c1-6-20(23(29)26-24(2,3)4)27(15-17-11-13-18(30-5)14-12-17)22(28)16-31-21-10-8-7-9-19(21)25/h7-14,20H,6,15-16H2,1-5H3,(H,26,29). The van der Waals surface area contributed by atoms with Crippen molar-refractivity contribution in [2.45, 2.75) is 52.2 Å². The highest BCUT2D eigenvalue weighted by molar-refractivity contribution is 5.88. The van der Waals surface area contributed by atoms with E-state index in [1.54, 1.807) is 31.4 Å². The number of benzene rings is 2. The summed E-state index contributed by atoms with van der Waals surface area (Å²) in [5.41, 5.74) is 0.394. The third-order valence-electron chi connectivity index (χ3n) is 4.58. The van der Waals surface area contributed by atoms with E-state index in [1.807, 2.05) is 39.8 Å². The number of hydrogen-bond acceptors (Lipinski definition) is 4. The van der Waals surface area contributed by atoms with Gasteiger partial charge < -0.3 is 19.7 Å². The van der Waals surface area contributed by atoms with Gasteiger partial charge in [0.15, 0.2) is 18.2 Å². The van der Waals surface area contributed by atoms with Gasteiger partial charge in [-0.2, -0.15) is 0 Å². The quantitative estimate of drug-likeness (QED) is 0.655. The van der Waals surface area contributed by atoms with Crippen molar-refractivity contribution in [1.29, 1.82) is 0 Å². The SMILES string of the molecule is CCC(C(=O)NC(C)(C)C)N(Cc1ccc(OC)cc1)C(=O)COc1ccccc1F. The molecule has 7 heteroatoms. The number of carbonyl (C=O) groups is 2. The maximum absolute atomic E-state index is 13.9. The summed E-state index contributed by atoms with van der Waals surface area (Å²) in [7, 11) is 1.58. The van der Waals surface area contributed by atoms with E-state index in [2.05, 4.69) is 5.32 Å². The van der Waals surface area contributed by atoms with Crippen molar-refractivity contribution in [3.63, 3.8) is 0 Å². The Morgan fingerprint density at radius 1 is 1.10 bits per heavy atom. The highest BCUT2D eigenvalue weighted by Crippen LogP contribution is 2.19. The molecule has 0 aromatic heterocycles. The molecule has 2 aromatic rings. The van der Waals surface area contributed by atoms with Gasteiger partial charge >= 0.3 is 0 Å². The maximum Gasteiger partial charge on any atom is 0.261 e. The van der Waals surface area contributed by atoms with E-state index in [1.165, 1.54) is 17.0 Å². The first-order valence-electron chi connectivity index (χ1n) is 10.3. The van der Waals surface area contributed by atoms with Crippen LogP contribution in [0, 0.1) is 5.82 Å². The molecule has 0 saturated carbocycles. The summed E-state index contributed by atoms with van der Waals surface area (Å²) in [4.78, 5) is 27.5. The lowest BCUT2D eigenvalue weighted by molar-refractivity contribution is -0.143. The average molecular weight is 431 g/mol. The van der Waals surface area contributed by atoms with E-state index in [0.717, 1.165) is 5.56 Å². The van der Waals surface area contributed by atoms with Gasteiger partial charge in [0, 0.05) is 12.1 Å². The summed E-state index contributed by atoms with van der Waals surface area (Å²) in [6.45, 7) is 7.33. The molecule has 0 saturated heterocycles. The average Bonchev–Trinajstić information content (AvgIpc) is 2.72. The molecule has 168 valence electrons. The van der Waals surface area contributed by atoms with E-state index in [9.17, 15) is 14.0 Å². The van der Waals surface area contributed by atoms with Crippen LogP contribution in [0.3, 0.4) is 0 Å². The Hall–Kier alpha value is -3.09. The van der Waals surface area contributed by atoms with Crippen LogP contribution in [0.1, 0.15) is 39.7 Å². The number of hydrogen-bond donors (Lipinski definition) is 1. The van der Waals surface area contributed by atoms with Crippen LogP contribution in [0.25, 0.3) is 0 Å². The molecule has 0 bridgehead atoms. The Balaban J connectivity index is 2.24. The van der Waals surface area contributed by atoms with Gasteiger partial charge in [-0.1, -0.05) is 31.2 Å². The summed E-state index contributed by atoms with van der Waals surface area (Å²) < 4.78 is 24.5. The van der Waals surface area contributed by atoms with E-state index in [-0.39, 0.29) is 24.8 Å². The second-order valence-electron chi connectivity index (χ2n) is 8.25. The van der Waals surface area contributed by atoms with Crippen LogP contribution in [-0.2, 0) is 16.1 Å². The fraction of sp³-hybridized carbons (Fsp3) is 0.417. The number of ether oxygens (including phenoxy) is 2. The predicted molar refractivity (Wildman–Crippen MR) is 117 cm³/mol. The zero-order chi connectivity index (χ0) is 23.0. The second-order valence-corrected chi connectivity index (χ2v) is 8.25. The van der Waals surface area contributed by atoms with Gasteiger partial charge in [-0.25, -0.2) is 4.39 Å². The van der Waals surface area contributed by atoms with E-state index in [4.69, 9.17) is 9.47 Å². The first kappa shape index (κ1) is 24.2. The Bertz CT molecular complexity index is 878. The number of methoxy groups -OCH3 is 1. The van der Waals surface area contributed by atoms with Crippen molar-refractivity contribution in [1.82, 2.24) is 10.2 Å². The molecule has 2 rings (SSSR count). The Morgan fingerprint density at radius 2 is 1.74 bits per heavy atom. The minimum atomic E-state index is -0.696. The molecule has 0 spiro atoms. The Morgan fingerprint density at radius 3 is 2.29 bits per heavy atom. The molecule has 0 aliphatic rings. The molecule has 1 atom stereocenters. The van der Waals surface area contributed by atoms with Gasteiger partial charge in [0.2, 0.25) is 5.91 Å². The lowest BCUT2D eigenvalue weighted by atomic mass is 10.1. The number of nitrogens with zero attached hydrogens (tertiary/aromatic N) is 1. The second kappa shape index (κ2) is 10.8. The number of amides is 2. The van der Waals surface area contributed by atoms with Gasteiger partial charge in [0.1, 0.15) is 11.8 Å². The summed E-state index contributed by atoms with van der Waals surface area (Å²) in [5.74, 6) is -0.512. The lowest BCUT2D eigenvalue weighted by Gasteiger charge is -2.33. The highest BCUT2D eigenvalue weighted by atomic mass is 19.1. The minimum Gasteiger partial charge on any atom is -0.497 e. The molecular formula is C24H31FN2O4. The maximum atomic E-state index is 13.9.